The summed E-state index contributed by atoms with van der Waals surface area (Å²) in [5.74, 6) is 1.02. The number of imide groups is 1. The lowest BCUT2D eigenvalue weighted by molar-refractivity contribution is -0.134. The van der Waals surface area contributed by atoms with Gasteiger partial charge in [0.05, 0.1) is 13.3 Å². The van der Waals surface area contributed by atoms with Gasteiger partial charge in [0.25, 0.3) is 5.91 Å². The van der Waals surface area contributed by atoms with Gasteiger partial charge in [0.1, 0.15) is 11.3 Å². The fourth-order valence-electron chi connectivity index (χ4n) is 5.18. The van der Waals surface area contributed by atoms with Crippen LogP contribution in [0.5, 0.6) is 5.75 Å². The number of ether oxygens (including phenoxy) is 1. The molecule has 0 aromatic heterocycles. The summed E-state index contributed by atoms with van der Waals surface area (Å²) >= 11 is 0. The molecule has 5 rings (SSSR count). The molecule has 7 heteroatoms. The van der Waals surface area contributed by atoms with Crippen LogP contribution in [-0.4, -0.2) is 71.6 Å². The van der Waals surface area contributed by atoms with E-state index in [1.807, 2.05) is 0 Å². The predicted octanol–water partition coefficient (Wildman–Crippen LogP) is 1.95. The Bertz CT molecular complexity index is 797. The first-order valence-corrected chi connectivity index (χ1v) is 11.0. The number of urea groups is 1. The molecule has 2 saturated heterocycles. The van der Waals surface area contributed by atoms with Crippen LogP contribution in [0.1, 0.15) is 43.2 Å². The van der Waals surface area contributed by atoms with Gasteiger partial charge in [-0.05, 0) is 30.0 Å². The summed E-state index contributed by atoms with van der Waals surface area (Å²) in [6, 6.07) is 6.31. The molecule has 1 aromatic rings. The van der Waals surface area contributed by atoms with Gasteiger partial charge in [0.2, 0.25) is 0 Å². The van der Waals surface area contributed by atoms with Gasteiger partial charge in [-0.2, -0.15) is 0 Å². The van der Waals surface area contributed by atoms with Crippen molar-refractivity contribution in [3.05, 3.63) is 29.3 Å². The Hall–Kier alpha value is -2.12. The molecular formula is C22H30N4O3. The molecule has 3 aliphatic heterocycles. The molecule has 156 valence electrons. The first kappa shape index (κ1) is 18.9. The Kier molecular flexibility index (Phi) is 4.95. The largest absolute Gasteiger partial charge is 0.493 e. The molecule has 0 radical (unpaired) electrons. The fourth-order valence-corrected chi connectivity index (χ4v) is 5.18. The number of benzene rings is 1. The average molecular weight is 399 g/mol. The van der Waals surface area contributed by atoms with Crippen molar-refractivity contribution in [3.8, 4) is 5.75 Å². The lowest BCUT2D eigenvalue weighted by Gasteiger charge is -2.36. The second-order valence-corrected chi connectivity index (χ2v) is 8.88. The molecule has 4 aliphatic rings. The topological polar surface area (TPSA) is 65.1 Å². The highest BCUT2D eigenvalue weighted by molar-refractivity contribution is 6.07. The summed E-state index contributed by atoms with van der Waals surface area (Å²) in [7, 11) is 0. The molecule has 1 spiro atoms. The van der Waals surface area contributed by atoms with Crippen LogP contribution < -0.4 is 10.1 Å². The fraction of sp³-hybridized carbons (Fsp3) is 0.636. The minimum atomic E-state index is -0.617. The zero-order valence-corrected chi connectivity index (χ0v) is 17.0. The van der Waals surface area contributed by atoms with Crippen LogP contribution in [0.15, 0.2) is 18.2 Å². The van der Waals surface area contributed by atoms with Crippen LogP contribution in [0.25, 0.3) is 0 Å². The van der Waals surface area contributed by atoms with E-state index in [0.29, 0.717) is 6.67 Å². The first-order chi connectivity index (χ1) is 14.1. The van der Waals surface area contributed by atoms with Crippen LogP contribution >= 0.6 is 0 Å². The Balaban J connectivity index is 1.14. The zero-order chi connectivity index (χ0) is 19.8. The van der Waals surface area contributed by atoms with E-state index in [1.165, 1.54) is 16.0 Å². The van der Waals surface area contributed by atoms with Crippen molar-refractivity contribution >= 4 is 11.9 Å². The van der Waals surface area contributed by atoms with Crippen LogP contribution in [0.3, 0.4) is 0 Å². The number of nitrogens with one attached hydrogen (secondary N) is 1. The quantitative estimate of drug-likeness (QED) is 0.786. The van der Waals surface area contributed by atoms with Crippen LogP contribution in [0.4, 0.5) is 4.79 Å². The van der Waals surface area contributed by atoms with E-state index >= 15 is 0 Å². The van der Waals surface area contributed by atoms with Gasteiger partial charge in [-0.3, -0.25) is 14.6 Å². The second kappa shape index (κ2) is 7.61. The highest BCUT2D eigenvalue weighted by atomic mass is 16.5. The Morgan fingerprint density at radius 1 is 1.00 bits per heavy atom. The van der Waals surface area contributed by atoms with Gasteiger partial charge in [-0.25, -0.2) is 9.69 Å². The van der Waals surface area contributed by atoms with Crippen molar-refractivity contribution in [2.45, 2.75) is 50.6 Å². The van der Waals surface area contributed by atoms with E-state index < -0.39 is 5.54 Å². The maximum Gasteiger partial charge on any atom is 0.326 e. The van der Waals surface area contributed by atoms with Gasteiger partial charge in [0, 0.05) is 39.1 Å². The predicted molar refractivity (Wildman–Crippen MR) is 109 cm³/mol. The minimum Gasteiger partial charge on any atom is -0.493 e. The molecule has 1 N–H and O–H groups in total. The van der Waals surface area contributed by atoms with E-state index in [0.717, 1.165) is 83.6 Å². The van der Waals surface area contributed by atoms with Crippen molar-refractivity contribution < 1.29 is 14.3 Å². The van der Waals surface area contributed by atoms with Gasteiger partial charge >= 0.3 is 6.03 Å². The molecule has 29 heavy (non-hydrogen) atoms. The summed E-state index contributed by atoms with van der Waals surface area (Å²) in [6.45, 7) is 5.78. The Labute approximate surface area is 172 Å². The van der Waals surface area contributed by atoms with Crippen molar-refractivity contribution in [3.63, 3.8) is 0 Å². The number of rotatable bonds is 4. The molecular weight excluding hydrogens is 368 g/mol. The smallest absolute Gasteiger partial charge is 0.326 e. The van der Waals surface area contributed by atoms with Crippen molar-refractivity contribution in [1.82, 2.24) is 20.0 Å². The number of carbonyl (C=O) groups is 2. The van der Waals surface area contributed by atoms with E-state index in [9.17, 15) is 9.59 Å². The molecule has 0 bridgehead atoms. The van der Waals surface area contributed by atoms with Crippen molar-refractivity contribution in [2.24, 2.45) is 0 Å². The number of fused-ring (bicyclic) bond motifs is 1. The summed E-state index contributed by atoms with van der Waals surface area (Å²) in [5, 5.41) is 3.01. The van der Waals surface area contributed by atoms with Crippen LogP contribution in [0.2, 0.25) is 0 Å². The third kappa shape index (κ3) is 3.62. The van der Waals surface area contributed by atoms with Gasteiger partial charge in [0.15, 0.2) is 0 Å². The third-order valence-corrected chi connectivity index (χ3v) is 6.92. The Morgan fingerprint density at radius 3 is 2.55 bits per heavy atom. The highest BCUT2D eigenvalue weighted by Crippen LogP contribution is 2.33. The maximum atomic E-state index is 13.0. The monoisotopic (exact) mass is 398 g/mol. The first-order valence-electron chi connectivity index (χ1n) is 11.0. The maximum absolute atomic E-state index is 13.0. The minimum absolute atomic E-state index is 0.00927. The summed E-state index contributed by atoms with van der Waals surface area (Å²) < 4.78 is 5.59. The third-order valence-electron chi connectivity index (χ3n) is 6.92. The molecule has 1 saturated carbocycles. The average Bonchev–Trinajstić information content (AvgIpc) is 3.28. The number of hydrogen-bond donors (Lipinski definition) is 1. The van der Waals surface area contributed by atoms with E-state index in [4.69, 9.17) is 4.74 Å². The van der Waals surface area contributed by atoms with Crippen LogP contribution in [-0.2, 0) is 17.8 Å². The molecule has 3 amide bonds. The molecule has 0 atom stereocenters. The Morgan fingerprint density at radius 2 is 1.76 bits per heavy atom. The number of carbonyl (C=O) groups excluding carboxylic acids is 2. The lowest BCUT2D eigenvalue weighted by Crippen LogP contribution is -2.52. The molecule has 1 aromatic carbocycles. The van der Waals surface area contributed by atoms with Crippen molar-refractivity contribution in [1.29, 1.82) is 0 Å². The summed E-state index contributed by atoms with van der Waals surface area (Å²) in [4.78, 5) is 31.6. The molecule has 7 nitrogen and oxygen atoms in total. The molecule has 3 fully saturated rings. The van der Waals surface area contributed by atoms with E-state index in [2.05, 4.69) is 33.3 Å². The number of hydrogen-bond acceptors (Lipinski definition) is 5. The molecule has 0 unspecified atom stereocenters. The zero-order valence-electron chi connectivity index (χ0n) is 17.0. The van der Waals surface area contributed by atoms with Crippen LogP contribution in [0, 0.1) is 0 Å². The second-order valence-electron chi connectivity index (χ2n) is 8.88. The summed E-state index contributed by atoms with van der Waals surface area (Å²) in [6.07, 6.45) is 5.77. The van der Waals surface area contributed by atoms with Gasteiger partial charge < -0.3 is 10.1 Å². The van der Waals surface area contributed by atoms with Gasteiger partial charge in [-0.1, -0.05) is 31.4 Å². The standard InChI is InChI=1S/C22H30N4O3/c27-20-22(7-2-1-3-8-22)23-21(28)26(20)16-25-11-9-24(10-12-25)15-17-4-5-19-18(14-17)6-13-29-19/h4-5,14H,1-3,6-13,15-16H2,(H,23,28). The van der Waals surface area contributed by atoms with Gasteiger partial charge in [-0.15, -0.1) is 0 Å². The molecule has 1 aliphatic carbocycles. The normalized spacial score (nSPS) is 24.6. The van der Waals surface area contributed by atoms with Crippen molar-refractivity contribution in [2.75, 3.05) is 39.5 Å². The number of nitrogens with zero attached hydrogens (tertiary/aromatic N) is 3. The SMILES string of the molecule is O=C1NC2(CCCCC2)C(=O)N1CN1CCN(Cc2ccc3c(c2)CCO3)CC1. The molecule has 3 heterocycles. The number of piperazine rings is 1. The van der Waals surface area contributed by atoms with E-state index in [1.54, 1.807) is 0 Å². The number of amides is 3. The lowest BCUT2D eigenvalue weighted by atomic mass is 9.82. The van der Waals surface area contributed by atoms with E-state index in [-0.39, 0.29) is 11.9 Å². The summed E-state index contributed by atoms with van der Waals surface area (Å²) in [5.41, 5.74) is 2.03. The highest BCUT2D eigenvalue weighted by Gasteiger charge is 2.51.